The van der Waals surface area contributed by atoms with Crippen molar-refractivity contribution in [3.63, 3.8) is 0 Å². The lowest BCUT2D eigenvalue weighted by Crippen LogP contribution is -2.44. The van der Waals surface area contributed by atoms with Crippen molar-refractivity contribution in [1.82, 2.24) is 9.62 Å². The zero-order valence-corrected chi connectivity index (χ0v) is 12.7. The van der Waals surface area contributed by atoms with Gasteiger partial charge in [-0.1, -0.05) is 6.42 Å². The molecule has 0 aliphatic carbocycles. The van der Waals surface area contributed by atoms with Gasteiger partial charge in [0.05, 0.1) is 0 Å². The molecule has 1 aliphatic rings. The molecule has 1 fully saturated rings. The van der Waals surface area contributed by atoms with E-state index in [2.05, 4.69) is 9.62 Å². The molecule has 1 aliphatic heterocycles. The van der Waals surface area contributed by atoms with Crippen LogP contribution in [0.4, 0.5) is 0 Å². The summed E-state index contributed by atoms with van der Waals surface area (Å²) in [5.74, 6) is 0.566. The number of likely N-dealkylation sites (N-methyl/N-ethyl adjacent to an activating group) is 1. The zero-order chi connectivity index (χ0) is 14.8. The van der Waals surface area contributed by atoms with Crippen LogP contribution in [-0.2, 0) is 16.6 Å². The maximum atomic E-state index is 12.3. The Morgan fingerprint density at radius 3 is 2.85 bits per heavy atom. The Kier molecular flexibility index (Phi) is 4.85. The third-order valence-corrected chi connectivity index (χ3v) is 5.33. The molecule has 2 rings (SSSR count). The van der Waals surface area contributed by atoms with E-state index in [0.29, 0.717) is 12.3 Å². The van der Waals surface area contributed by atoms with Crippen LogP contribution in [0.2, 0.25) is 0 Å². The molecule has 0 amide bonds. The van der Waals surface area contributed by atoms with Crippen LogP contribution in [-0.4, -0.2) is 44.6 Å². The third-order valence-electron chi connectivity index (χ3n) is 3.80. The molecule has 20 heavy (non-hydrogen) atoms. The molecule has 1 unspecified atom stereocenters. The summed E-state index contributed by atoms with van der Waals surface area (Å²) in [6, 6.07) is 1.62. The van der Waals surface area contributed by atoms with Crippen LogP contribution in [0.5, 0.6) is 0 Å². The highest BCUT2D eigenvalue weighted by Crippen LogP contribution is 2.20. The molecular formula is C13H22N2O4S. The molecule has 114 valence electrons. The Balaban J connectivity index is 2.05. The van der Waals surface area contributed by atoms with Gasteiger partial charge >= 0.3 is 0 Å². The Morgan fingerprint density at radius 2 is 2.25 bits per heavy atom. The standard InChI is InChI=1S/C13H22N2O4S/c1-10-13(7-12(9-16)19-10)20(17,18)14-8-11-5-3-4-6-15(11)2/h7,11,14,16H,3-6,8-9H2,1-2H3. The molecule has 1 aromatic rings. The van der Waals surface area contributed by atoms with E-state index >= 15 is 0 Å². The Labute approximate surface area is 119 Å². The predicted octanol–water partition coefficient (Wildman–Crippen LogP) is 0.843. The monoisotopic (exact) mass is 302 g/mol. The minimum Gasteiger partial charge on any atom is -0.462 e. The number of likely N-dealkylation sites (tertiary alicyclic amines) is 1. The van der Waals surface area contributed by atoms with Crippen LogP contribution in [0.3, 0.4) is 0 Å². The van der Waals surface area contributed by atoms with E-state index in [9.17, 15) is 8.42 Å². The fourth-order valence-corrected chi connectivity index (χ4v) is 3.83. The number of aliphatic hydroxyl groups excluding tert-OH is 1. The number of furan rings is 1. The van der Waals surface area contributed by atoms with Crippen LogP contribution < -0.4 is 4.72 Å². The van der Waals surface area contributed by atoms with Crippen LogP contribution >= 0.6 is 0 Å². The maximum Gasteiger partial charge on any atom is 0.244 e. The van der Waals surface area contributed by atoms with Crippen molar-refractivity contribution in [2.24, 2.45) is 0 Å². The van der Waals surface area contributed by atoms with Gasteiger partial charge in [0.25, 0.3) is 0 Å². The number of nitrogens with zero attached hydrogens (tertiary/aromatic N) is 1. The molecule has 1 aromatic heterocycles. The van der Waals surface area contributed by atoms with E-state index in [1.165, 1.54) is 12.5 Å². The number of sulfonamides is 1. The molecule has 1 saturated heterocycles. The van der Waals surface area contributed by atoms with Crippen LogP contribution in [0.15, 0.2) is 15.4 Å². The Morgan fingerprint density at radius 1 is 1.50 bits per heavy atom. The number of aliphatic hydroxyl groups is 1. The summed E-state index contributed by atoms with van der Waals surface area (Å²) in [7, 11) is -1.57. The second kappa shape index (κ2) is 6.26. The Hall–Kier alpha value is -0.890. The van der Waals surface area contributed by atoms with Gasteiger partial charge in [-0.2, -0.15) is 0 Å². The van der Waals surface area contributed by atoms with E-state index in [1.54, 1.807) is 6.92 Å². The summed E-state index contributed by atoms with van der Waals surface area (Å²) >= 11 is 0. The van der Waals surface area contributed by atoms with Gasteiger partial charge in [0, 0.05) is 18.7 Å². The summed E-state index contributed by atoms with van der Waals surface area (Å²) in [6.07, 6.45) is 3.31. The van der Waals surface area contributed by atoms with Crippen molar-refractivity contribution in [1.29, 1.82) is 0 Å². The van der Waals surface area contributed by atoms with E-state index in [1.807, 2.05) is 7.05 Å². The summed E-state index contributed by atoms with van der Waals surface area (Å²) in [5.41, 5.74) is 0. The van der Waals surface area contributed by atoms with Gasteiger partial charge in [-0.25, -0.2) is 13.1 Å². The highest BCUT2D eigenvalue weighted by molar-refractivity contribution is 7.89. The SMILES string of the molecule is Cc1oc(CO)cc1S(=O)(=O)NCC1CCCCN1C. The molecule has 1 atom stereocenters. The predicted molar refractivity (Wildman–Crippen MR) is 74.8 cm³/mol. The van der Waals surface area contributed by atoms with E-state index < -0.39 is 10.0 Å². The minimum absolute atomic E-state index is 0.111. The quantitative estimate of drug-likeness (QED) is 0.842. The summed E-state index contributed by atoms with van der Waals surface area (Å²) in [5, 5.41) is 8.99. The molecule has 0 saturated carbocycles. The number of piperidine rings is 1. The van der Waals surface area contributed by atoms with Crippen LogP contribution in [0, 0.1) is 6.92 Å². The van der Waals surface area contributed by atoms with E-state index in [4.69, 9.17) is 9.52 Å². The largest absolute Gasteiger partial charge is 0.462 e. The van der Waals surface area contributed by atoms with Crippen molar-refractivity contribution < 1.29 is 17.9 Å². The number of hydrogen-bond acceptors (Lipinski definition) is 5. The number of nitrogens with one attached hydrogen (secondary N) is 1. The van der Waals surface area contributed by atoms with Crippen molar-refractivity contribution in [2.45, 2.75) is 43.7 Å². The van der Waals surface area contributed by atoms with Gasteiger partial charge in [-0.05, 0) is 33.4 Å². The van der Waals surface area contributed by atoms with Gasteiger partial charge in [-0.3, -0.25) is 0 Å². The van der Waals surface area contributed by atoms with Gasteiger partial charge in [-0.15, -0.1) is 0 Å². The smallest absolute Gasteiger partial charge is 0.244 e. The van der Waals surface area contributed by atoms with Crippen molar-refractivity contribution >= 4 is 10.0 Å². The highest BCUT2D eigenvalue weighted by Gasteiger charge is 2.24. The molecular weight excluding hydrogens is 280 g/mol. The second-order valence-electron chi connectivity index (χ2n) is 5.27. The lowest BCUT2D eigenvalue weighted by atomic mass is 10.0. The molecule has 2 N–H and O–H groups in total. The first-order valence-electron chi connectivity index (χ1n) is 6.84. The Bertz CT molecular complexity index is 553. The fourth-order valence-electron chi connectivity index (χ4n) is 2.55. The topological polar surface area (TPSA) is 82.8 Å². The van der Waals surface area contributed by atoms with Gasteiger partial charge in [0.1, 0.15) is 23.0 Å². The van der Waals surface area contributed by atoms with Crippen molar-refractivity contribution in [3.8, 4) is 0 Å². The highest BCUT2D eigenvalue weighted by atomic mass is 32.2. The number of hydrogen-bond donors (Lipinski definition) is 2. The molecule has 0 spiro atoms. The van der Waals surface area contributed by atoms with Crippen molar-refractivity contribution in [2.75, 3.05) is 20.1 Å². The average molecular weight is 302 g/mol. The molecule has 7 heteroatoms. The summed E-state index contributed by atoms with van der Waals surface area (Å²) < 4.78 is 32.3. The summed E-state index contributed by atoms with van der Waals surface area (Å²) in [6.45, 7) is 2.69. The summed E-state index contributed by atoms with van der Waals surface area (Å²) in [4.78, 5) is 2.30. The first kappa shape index (κ1) is 15.5. The first-order valence-corrected chi connectivity index (χ1v) is 8.32. The van der Waals surface area contributed by atoms with Gasteiger partial charge < -0.3 is 14.4 Å². The van der Waals surface area contributed by atoms with E-state index in [0.717, 1.165) is 19.4 Å². The minimum atomic E-state index is -3.58. The molecule has 0 bridgehead atoms. The van der Waals surface area contributed by atoms with E-state index in [-0.39, 0.29) is 23.3 Å². The molecule has 0 aromatic carbocycles. The van der Waals surface area contributed by atoms with Crippen molar-refractivity contribution in [3.05, 3.63) is 17.6 Å². The average Bonchev–Trinajstić information content (AvgIpc) is 2.80. The van der Waals surface area contributed by atoms with Crippen LogP contribution in [0.25, 0.3) is 0 Å². The number of rotatable bonds is 5. The lowest BCUT2D eigenvalue weighted by Gasteiger charge is -2.32. The van der Waals surface area contributed by atoms with Crippen LogP contribution in [0.1, 0.15) is 30.8 Å². The normalized spacial score (nSPS) is 21.2. The second-order valence-corrected chi connectivity index (χ2v) is 7.01. The first-order chi connectivity index (χ1) is 9.44. The third kappa shape index (κ3) is 3.41. The van der Waals surface area contributed by atoms with Gasteiger partial charge in [0.2, 0.25) is 10.0 Å². The lowest BCUT2D eigenvalue weighted by molar-refractivity contribution is 0.187. The molecule has 0 radical (unpaired) electrons. The zero-order valence-electron chi connectivity index (χ0n) is 11.9. The maximum absolute atomic E-state index is 12.3. The van der Waals surface area contributed by atoms with Gasteiger partial charge in [0.15, 0.2) is 0 Å². The molecule has 2 heterocycles. The number of aryl methyl sites for hydroxylation is 1. The molecule has 6 nitrogen and oxygen atoms in total. The fraction of sp³-hybridized carbons (Fsp3) is 0.692.